The molecule has 0 aliphatic carbocycles. The van der Waals surface area contributed by atoms with Gasteiger partial charge in [-0.2, -0.15) is 0 Å². The Bertz CT molecular complexity index is 628. The molecular formula is C12H8Cl2N2O3S. The molecule has 1 amide bonds. The van der Waals surface area contributed by atoms with Gasteiger partial charge in [0.2, 0.25) is 0 Å². The lowest BCUT2D eigenvalue weighted by Gasteiger charge is -2.05. The molecule has 0 saturated heterocycles. The van der Waals surface area contributed by atoms with Gasteiger partial charge in [0.25, 0.3) is 5.91 Å². The monoisotopic (exact) mass is 330 g/mol. The number of nitrogens with zero attached hydrogens (tertiary/aromatic N) is 1. The number of carbonyl (C=O) groups excluding carboxylic acids is 2. The molecule has 5 nitrogen and oxygen atoms in total. The second-order valence-corrected chi connectivity index (χ2v) is 5.74. The topological polar surface area (TPSA) is 68.3 Å². The zero-order valence-corrected chi connectivity index (χ0v) is 12.3. The number of thiophene rings is 1. The van der Waals surface area contributed by atoms with E-state index in [4.69, 9.17) is 27.9 Å². The highest BCUT2D eigenvalue weighted by Crippen LogP contribution is 2.21. The molecule has 0 aromatic carbocycles. The summed E-state index contributed by atoms with van der Waals surface area (Å²) in [5.41, 5.74) is 0. The lowest BCUT2D eigenvalue weighted by atomic mass is 10.4. The molecule has 104 valence electrons. The molecule has 0 aliphatic rings. The summed E-state index contributed by atoms with van der Waals surface area (Å²) in [4.78, 5) is 27.4. The molecule has 0 radical (unpaired) electrons. The summed E-state index contributed by atoms with van der Waals surface area (Å²) in [6.45, 7) is -0.404. The van der Waals surface area contributed by atoms with Crippen molar-refractivity contribution < 1.29 is 14.3 Å². The van der Waals surface area contributed by atoms with Gasteiger partial charge in [0.05, 0.1) is 9.36 Å². The van der Waals surface area contributed by atoms with Gasteiger partial charge in [-0.3, -0.25) is 4.79 Å². The normalized spacial score (nSPS) is 10.1. The fraction of sp³-hybridized carbons (Fsp3) is 0.0833. The van der Waals surface area contributed by atoms with E-state index in [0.717, 1.165) is 11.3 Å². The molecule has 2 aromatic rings. The summed E-state index contributed by atoms with van der Waals surface area (Å²) in [7, 11) is 0. The van der Waals surface area contributed by atoms with E-state index in [1.54, 1.807) is 18.2 Å². The Morgan fingerprint density at radius 1 is 1.25 bits per heavy atom. The zero-order valence-electron chi connectivity index (χ0n) is 9.93. The third kappa shape index (κ3) is 4.19. The number of esters is 1. The van der Waals surface area contributed by atoms with Crippen LogP contribution in [0.25, 0.3) is 0 Å². The minimum absolute atomic E-state index is 0.328. The minimum Gasteiger partial charge on any atom is -0.451 e. The Morgan fingerprint density at radius 3 is 2.65 bits per heavy atom. The molecule has 0 spiro atoms. The molecular weight excluding hydrogens is 323 g/mol. The number of hydrogen-bond donors (Lipinski definition) is 1. The molecule has 2 rings (SSSR count). The molecule has 2 aromatic heterocycles. The van der Waals surface area contributed by atoms with Gasteiger partial charge in [-0.15, -0.1) is 11.3 Å². The summed E-state index contributed by atoms with van der Waals surface area (Å²) in [5, 5.41) is 2.93. The first-order valence-corrected chi connectivity index (χ1v) is 6.96. The van der Waals surface area contributed by atoms with E-state index in [1.165, 1.54) is 12.3 Å². The van der Waals surface area contributed by atoms with Gasteiger partial charge in [0.1, 0.15) is 10.7 Å². The number of ether oxygens (including phenoxy) is 1. The van der Waals surface area contributed by atoms with Crippen molar-refractivity contribution in [3.05, 3.63) is 44.7 Å². The lowest BCUT2D eigenvalue weighted by Crippen LogP contribution is -2.21. The SMILES string of the molecule is O=C(COC(=O)c1ccc(Cl)s1)Nc1ccc(Cl)cn1. The number of anilines is 1. The summed E-state index contributed by atoms with van der Waals surface area (Å²) >= 11 is 12.5. The van der Waals surface area contributed by atoms with Crippen LogP contribution in [0.4, 0.5) is 5.82 Å². The molecule has 8 heteroatoms. The van der Waals surface area contributed by atoms with E-state index >= 15 is 0 Å². The van der Waals surface area contributed by atoms with E-state index in [1.807, 2.05) is 0 Å². The molecule has 0 fully saturated rings. The highest BCUT2D eigenvalue weighted by molar-refractivity contribution is 7.17. The number of amides is 1. The van der Waals surface area contributed by atoms with E-state index in [9.17, 15) is 9.59 Å². The van der Waals surface area contributed by atoms with Gasteiger partial charge in [-0.25, -0.2) is 9.78 Å². The van der Waals surface area contributed by atoms with Crippen LogP contribution in [0.1, 0.15) is 9.67 Å². The zero-order chi connectivity index (χ0) is 14.5. The minimum atomic E-state index is -0.596. The molecule has 2 heterocycles. The number of rotatable bonds is 4. The van der Waals surface area contributed by atoms with Crippen molar-refractivity contribution in [2.24, 2.45) is 0 Å². The molecule has 20 heavy (non-hydrogen) atoms. The lowest BCUT2D eigenvalue weighted by molar-refractivity contribution is -0.119. The van der Waals surface area contributed by atoms with E-state index < -0.39 is 18.5 Å². The Balaban J connectivity index is 1.83. The number of nitrogens with one attached hydrogen (secondary N) is 1. The predicted octanol–water partition coefficient (Wildman–Crippen LogP) is 3.25. The average Bonchev–Trinajstić information content (AvgIpc) is 2.85. The Labute approximate surface area is 128 Å². The summed E-state index contributed by atoms with van der Waals surface area (Å²) < 4.78 is 5.32. The van der Waals surface area contributed by atoms with Gasteiger partial charge in [-0.1, -0.05) is 23.2 Å². The smallest absolute Gasteiger partial charge is 0.348 e. The fourth-order valence-electron chi connectivity index (χ4n) is 1.25. The number of aromatic nitrogens is 1. The van der Waals surface area contributed by atoms with Crippen molar-refractivity contribution in [1.82, 2.24) is 4.98 Å². The van der Waals surface area contributed by atoms with Crippen LogP contribution < -0.4 is 5.32 Å². The molecule has 0 atom stereocenters. The maximum atomic E-state index is 11.6. The molecule has 0 unspecified atom stereocenters. The van der Waals surface area contributed by atoms with E-state index in [2.05, 4.69) is 10.3 Å². The quantitative estimate of drug-likeness (QED) is 0.874. The molecule has 0 aliphatic heterocycles. The molecule has 0 saturated carbocycles. The van der Waals surface area contributed by atoms with Gasteiger partial charge in [0.15, 0.2) is 6.61 Å². The van der Waals surface area contributed by atoms with Crippen molar-refractivity contribution in [3.8, 4) is 0 Å². The molecule has 0 bridgehead atoms. The van der Waals surface area contributed by atoms with E-state index in [-0.39, 0.29) is 0 Å². The van der Waals surface area contributed by atoms with Crippen molar-refractivity contribution in [1.29, 1.82) is 0 Å². The van der Waals surface area contributed by atoms with Crippen LogP contribution in [-0.2, 0) is 9.53 Å². The van der Waals surface area contributed by atoms with Crippen LogP contribution in [0, 0.1) is 0 Å². The second-order valence-electron chi connectivity index (χ2n) is 3.59. The summed E-state index contributed by atoms with van der Waals surface area (Å²) in [5.74, 6) is -0.758. The van der Waals surface area contributed by atoms with Gasteiger partial charge in [0, 0.05) is 6.20 Å². The number of hydrogen-bond acceptors (Lipinski definition) is 5. The van der Waals surface area contributed by atoms with Gasteiger partial charge in [-0.05, 0) is 24.3 Å². The average molecular weight is 331 g/mol. The Kier molecular flexibility index (Phi) is 4.94. The second kappa shape index (κ2) is 6.69. The molecule has 1 N–H and O–H groups in total. The van der Waals surface area contributed by atoms with Crippen LogP contribution in [0.3, 0.4) is 0 Å². The van der Waals surface area contributed by atoms with E-state index in [0.29, 0.717) is 20.1 Å². The maximum absolute atomic E-state index is 11.6. The first kappa shape index (κ1) is 14.8. The van der Waals surface area contributed by atoms with Crippen molar-refractivity contribution in [2.75, 3.05) is 11.9 Å². The van der Waals surface area contributed by atoms with Crippen LogP contribution in [0.2, 0.25) is 9.36 Å². The Hall–Kier alpha value is -1.63. The first-order chi connectivity index (χ1) is 9.54. The van der Waals surface area contributed by atoms with Crippen LogP contribution in [-0.4, -0.2) is 23.5 Å². The summed E-state index contributed by atoms with van der Waals surface area (Å²) in [6, 6.07) is 6.25. The predicted molar refractivity (Wildman–Crippen MR) is 77.5 cm³/mol. The Morgan fingerprint density at radius 2 is 2.05 bits per heavy atom. The maximum Gasteiger partial charge on any atom is 0.348 e. The van der Waals surface area contributed by atoms with Crippen molar-refractivity contribution >= 4 is 52.2 Å². The van der Waals surface area contributed by atoms with Crippen LogP contribution >= 0.6 is 34.5 Å². The number of carbonyl (C=O) groups is 2. The largest absolute Gasteiger partial charge is 0.451 e. The van der Waals surface area contributed by atoms with Crippen LogP contribution in [0.5, 0.6) is 0 Å². The third-order valence-electron chi connectivity index (χ3n) is 2.10. The number of pyridine rings is 1. The summed E-state index contributed by atoms with van der Waals surface area (Å²) in [6.07, 6.45) is 1.40. The van der Waals surface area contributed by atoms with Crippen molar-refractivity contribution in [3.63, 3.8) is 0 Å². The fourth-order valence-corrected chi connectivity index (χ4v) is 2.30. The third-order valence-corrected chi connectivity index (χ3v) is 3.54. The highest BCUT2D eigenvalue weighted by atomic mass is 35.5. The number of halogens is 2. The highest BCUT2D eigenvalue weighted by Gasteiger charge is 2.12. The van der Waals surface area contributed by atoms with Gasteiger partial charge < -0.3 is 10.1 Å². The standard InChI is InChI=1S/C12H8Cl2N2O3S/c13-7-1-4-10(15-5-7)16-11(17)6-19-12(18)8-2-3-9(14)20-8/h1-5H,6H2,(H,15,16,17). The van der Waals surface area contributed by atoms with Crippen molar-refractivity contribution in [2.45, 2.75) is 0 Å². The van der Waals surface area contributed by atoms with Crippen LogP contribution in [0.15, 0.2) is 30.5 Å². The van der Waals surface area contributed by atoms with Gasteiger partial charge >= 0.3 is 5.97 Å². The first-order valence-electron chi connectivity index (χ1n) is 5.38.